The van der Waals surface area contributed by atoms with Gasteiger partial charge in [0.25, 0.3) is 11.7 Å². The van der Waals surface area contributed by atoms with Gasteiger partial charge in [0, 0.05) is 19.2 Å². The fraction of sp³-hybridized carbons (Fsp3) is 0.290. The zero-order valence-corrected chi connectivity index (χ0v) is 24.1. The summed E-state index contributed by atoms with van der Waals surface area (Å²) in [7, 11) is 2.61. The second kappa shape index (κ2) is 14.0. The topological polar surface area (TPSA) is 161 Å². The van der Waals surface area contributed by atoms with Gasteiger partial charge in [0.15, 0.2) is 12.6 Å². The lowest BCUT2D eigenvalue weighted by molar-refractivity contribution is -0.129. The monoisotopic (exact) mass is 628 g/mol. The molecular formula is C31H30F2N2O10. The SMILES string of the molecule is COCOc1ccc(OC)cc1C(=O)C1C(F)CCN(C(=O)O)C(OC(=O)c2ccccc2)C1(F)NC(=O)c1ccc(O)cc1. The van der Waals surface area contributed by atoms with Crippen molar-refractivity contribution in [2.45, 2.75) is 24.6 Å². The number of carboxylic acid groups (broad SMARTS) is 1. The molecule has 0 saturated carbocycles. The molecule has 0 aliphatic carbocycles. The number of rotatable bonds is 10. The summed E-state index contributed by atoms with van der Waals surface area (Å²) in [6.07, 6.45) is -7.48. The van der Waals surface area contributed by atoms with Gasteiger partial charge in [-0.05, 0) is 61.0 Å². The van der Waals surface area contributed by atoms with E-state index in [0.29, 0.717) is 4.90 Å². The van der Waals surface area contributed by atoms with Crippen LogP contribution in [0.25, 0.3) is 0 Å². The third-order valence-electron chi connectivity index (χ3n) is 7.08. The number of hydrogen-bond acceptors (Lipinski definition) is 9. The molecule has 1 aliphatic rings. The average molecular weight is 629 g/mol. The summed E-state index contributed by atoms with van der Waals surface area (Å²) in [5, 5.41) is 21.6. The van der Waals surface area contributed by atoms with E-state index in [9.17, 15) is 29.4 Å². The number of nitrogens with one attached hydrogen (secondary N) is 1. The first kappa shape index (κ1) is 32.7. The highest BCUT2D eigenvalue weighted by atomic mass is 19.2. The van der Waals surface area contributed by atoms with Crippen molar-refractivity contribution in [1.29, 1.82) is 0 Å². The molecule has 4 unspecified atom stereocenters. The van der Waals surface area contributed by atoms with Gasteiger partial charge in [-0.15, -0.1) is 0 Å². The van der Waals surface area contributed by atoms with Crippen LogP contribution in [-0.4, -0.2) is 84.6 Å². The molecule has 0 aromatic heterocycles. The number of hydrogen-bond donors (Lipinski definition) is 3. The van der Waals surface area contributed by atoms with Gasteiger partial charge in [-0.25, -0.2) is 18.4 Å². The number of phenolic OH excluding ortho intramolecular Hbond substituents is 1. The van der Waals surface area contributed by atoms with Crippen molar-refractivity contribution in [1.82, 2.24) is 10.2 Å². The number of alkyl halides is 2. The zero-order chi connectivity index (χ0) is 32.7. The Kier molecular flexibility index (Phi) is 10.2. The Hall–Kier alpha value is -5.24. The number of ketones is 1. The molecule has 0 bridgehead atoms. The van der Waals surface area contributed by atoms with Crippen molar-refractivity contribution in [3.05, 3.63) is 89.5 Å². The number of halogens is 2. The lowest BCUT2D eigenvalue weighted by atomic mass is 9.83. The van der Waals surface area contributed by atoms with Crippen LogP contribution in [0.1, 0.15) is 37.5 Å². The van der Waals surface area contributed by atoms with Crippen molar-refractivity contribution < 1.29 is 57.1 Å². The van der Waals surface area contributed by atoms with Gasteiger partial charge in [0.2, 0.25) is 6.23 Å². The molecule has 12 nitrogen and oxygen atoms in total. The van der Waals surface area contributed by atoms with Crippen molar-refractivity contribution >= 4 is 23.8 Å². The number of phenols is 1. The van der Waals surface area contributed by atoms with E-state index in [2.05, 4.69) is 0 Å². The number of ether oxygens (including phenoxy) is 4. The number of esters is 1. The molecule has 3 aromatic carbocycles. The Morgan fingerprint density at radius 3 is 2.31 bits per heavy atom. The maximum absolute atomic E-state index is 17.9. The molecule has 4 rings (SSSR count). The van der Waals surface area contributed by atoms with Crippen LogP contribution in [-0.2, 0) is 9.47 Å². The highest BCUT2D eigenvalue weighted by molar-refractivity contribution is 6.03. The lowest BCUT2D eigenvalue weighted by Gasteiger charge is -2.40. The molecule has 1 saturated heterocycles. The molecule has 1 heterocycles. The summed E-state index contributed by atoms with van der Waals surface area (Å²) in [5.74, 6) is -10.1. The Morgan fingerprint density at radius 1 is 1.00 bits per heavy atom. The van der Waals surface area contributed by atoms with Gasteiger partial charge in [-0.3, -0.25) is 14.5 Å². The summed E-state index contributed by atoms with van der Waals surface area (Å²) >= 11 is 0. The van der Waals surface area contributed by atoms with Crippen LogP contribution in [0.4, 0.5) is 13.6 Å². The van der Waals surface area contributed by atoms with Gasteiger partial charge < -0.3 is 34.5 Å². The third kappa shape index (κ3) is 7.12. The summed E-state index contributed by atoms with van der Waals surface area (Å²) < 4.78 is 55.0. The van der Waals surface area contributed by atoms with Crippen LogP contribution in [0, 0.1) is 5.92 Å². The summed E-state index contributed by atoms with van der Waals surface area (Å²) in [4.78, 5) is 53.5. The highest BCUT2D eigenvalue weighted by Crippen LogP contribution is 2.41. The van der Waals surface area contributed by atoms with E-state index < -0.39 is 60.8 Å². The van der Waals surface area contributed by atoms with Crippen LogP contribution < -0.4 is 14.8 Å². The highest BCUT2D eigenvalue weighted by Gasteiger charge is 2.61. The van der Waals surface area contributed by atoms with Crippen molar-refractivity contribution in [2.75, 3.05) is 27.6 Å². The van der Waals surface area contributed by atoms with Crippen LogP contribution in [0.15, 0.2) is 72.8 Å². The van der Waals surface area contributed by atoms with E-state index in [4.69, 9.17) is 18.9 Å². The van der Waals surface area contributed by atoms with E-state index >= 15 is 8.78 Å². The molecule has 0 spiro atoms. The fourth-order valence-electron chi connectivity index (χ4n) is 4.88. The Labute approximate surface area is 256 Å². The normalized spacial score (nSPS) is 21.2. The number of Topliss-reactive ketones (excluding diaryl/α,β-unsaturated/α-hetero) is 1. The van der Waals surface area contributed by atoms with Gasteiger partial charge in [-0.1, -0.05) is 18.2 Å². The molecule has 0 radical (unpaired) electrons. The predicted octanol–water partition coefficient (Wildman–Crippen LogP) is 4.18. The average Bonchev–Trinajstić information content (AvgIpc) is 3.13. The molecule has 45 heavy (non-hydrogen) atoms. The van der Waals surface area contributed by atoms with E-state index in [0.717, 1.165) is 30.3 Å². The summed E-state index contributed by atoms with van der Waals surface area (Å²) in [5.41, 5.74) is -0.727. The van der Waals surface area contributed by atoms with Gasteiger partial charge >= 0.3 is 12.1 Å². The van der Waals surface area contributed by atoms with Crippen LogP contribution >= 0.6 is 0 Å². The van der Waals surface area contributed by atoms with E-state index in [1.54, 1.807) is 6.07 Å². The minimum atomic E-state index is -3.70. The molecule has 2 amide bonds. The Morgan fingerprint density at radius 2 is 1.69 bits per heavy atom. The molecule has 4 atom stereocenters. The molecule has 3 N–H and O–H groups in total. The number of likely N-dealkylation sites (tertiary alicyclic amines) is 1. The zero-order valence-electron chi connectivity index (χ0n) is 24.1. The molecule has 1 fully saturated rings. The molecule has 3 aromatic rings. The second-order valence-corrected chi connectivity index (χ2v) is 9.93. The van der Waals surface area contributed by atoms with Gasteiger partial charge in [0.1, 0.15) is 29.3 Å². The molecule has 238 valence electrons. The number of carbonyl (C=O) groups excluding carboxylic acids is 3. The minimum Gasteiger partial charge on any atom is -0.508 e. The largest absolute Gasteiger partial charge is 0.508 e. The maximum Gasteiger partial charge on any atom is 0.410 e. The first-order valence-electron chi connectivity index (χ1n) is 13.5. The van der Waals surface area contributed by atoms with Crippen molar-refractivity contribution in [3.8, 4) is 17.2 Å². The second-order valence-electron chi connectivity index (χ2n) is 9.93. The molecular weight excluding hydrogens is 598 g/mol. The van der Waals surface area contributed by atoms with E-state index in [-0.39, 0.29) is 40.7 Å². The standard InChI is InChI=1S/C31H30F2N2O10/c1-42-17-44-24-13-12-21(43-2)16-22(24)26(37)25-23(32)14-15-35(30(40)41)29(45-28(39)19-6-4-3-5-7-19)31(25,33)34-27(38)18-8-10-20(36)11-9-18/h3-13,16,23,25,29,36H,14-15,17H2,1-2H3,(H,34,38)(H,40,41). The van der Waals surface area contributed by atoms with Crippen molar-refractivity contribution in [3.63, 3.8) is 0 Å². The number of nitrogens with zero attached hydrogens (tertiary/aromatic N) is 1. The van der Waals surface area contributed by atoms with E-state index in [1.807, 2.05) is 5.32 Å². The third-order valence-corrected chi connectivity index (χ3v) is 7.08. The summed E-state index contributed by atoms with van der Waals surface area (Å²) in [6.45, 7) is -1.06. The van der Waals surface area contributed by atoms with Crippen molar-refractivity contribution in [2.24, 2.45) is 5.92 Å². The Balaban J connectivity index is 1.90. The Bertz CT molecular complexity index is 1540. The molecule has 14 heteroatoms. The van der Waals surface area contributed by atoms with Crippen LogP contribution in [0.3, 0.4) is 0 Å². The number of methoxy groups -OCH3 is 2. The van der Waals surface area contributed by atoms with Gasteiger partial charge in [0.05, 0.1) is 18.2 Å². The molecule has 1 aliphatic heterocycles. The number of carbonyl (C=O) groups is 4. The number of benzene rings is 3. The number of aromatic hydroxyl groups is 1. The first-order valence-corrected chi connectivity index (χ1v) is 13.5. The smallest absolute Gasteiger partial charge is 0.410 e. The van der Waals surface area contributed by atoms with E-state index in [1.165, 1.54) is 50.6 Å². The summed E-state index contributed by atoms with van der Waals surface area (Å²) in [6, 6.07) is 15.5. The number of amides is 2. The predicted molar refractivity (Wildman–Crippen MR) is 153 cm³/mol. The minimum absolute atomic E-state index is 0.109. The maximum atomic E-state index is 17.9. The van der Waals surface area contributed by atoms with Gasteiger partial charge in [-0.2, -0.15) is 0 Å². The lowest BCUT2D eigenvalue weighted by Crippen LogP contribution is -2.66. The quantitative estimate of drug-likeness (QED) is 0.129. The van der Waals surface area contributed by atoms with Crippen LogP contribution in [0.5, 0.6) is 17.2 Å². The first-order chi connectivity index (χ1) is 21.5. The fourth-order valence-corrected chi connectivity index (χ4v) is 4.88. The van der Waals surface area contributed by atoms with Crippen LogP contribution in [0.2, 0.25) is 0 Å².